The monoisotopic (exact) mass is 308 g/mol. The van der Waals surface area contributed by atoms with E-state index in [0.29, 0.717) is 0 Å². The van der Waals surface area contributed by atoms with Crippen molar-refractivity contribution in [3.63, 3.8) is 0 Å². The minimum Gasteiger partial charge on any atom is -0.369 e. The van der Waals surface area contributed by atoms with Crippen LogP contribution in [0.3, 0.4) is 0 Å². The summed E-state index contributed by atoms with van der Waals surface area (Å²) in [5.74, 6) is 0. The molecule has 1 aliphatic heterocycles. The standard InChI is InChI=1S/C21H28N2/c1-21(2,3)19-9-11-20(12-10-19)23-15-13-22(14-16-23)17-18-7-5-4-6-8-18/h4-12H,13-17H2,1-3H3. The molecule has 2 aromatic rings. The highest BCUT2D eigenvalue weighted by atomic mass is 15.3. The first-order valence-corrected chi connectivity index (χ1v) is 8.64. The summed E-state index contributed by atoms with van der Waals surface area (Å²) in [7, 11) is 0. The number of anilines is 1. The van der Waals surface area contributed by atoms with Crippen LogP contribution >= 0.6 is 0 Å². The summed E-state index contributed by atoms with van der Waals surface area (Å²) < 4.78 is 0. The number of benzene rings is 2. The highest BCUT2D eigenvalue weighted by Gasteiger charge is 2.18. The van der Waals surface area contributed by atoms with E-state index in [4.69, 9.17) is 0 Å². The minimum absolute atomic E-state index is 0.229. The van der Waals surface area contributed by atoms with E-state index in [9.17, 15) is 0 Å². The van der Waals surface area contributed by atoms with Gasteiger partial charge in [-0.3, -0.25) is 4.90 Å². The van der Waals surface area contributed by atoms with Crippen LogP contribution in [0.25, 0.3) is 0 Å². The lowest BCUT2D eigenvalue weighted by atomic mass is 9.87. The summed E-state index contributed by atoms with van der Waals surface area (Å²) in [5, 5.41) is 0. The molecule has 0 spiro atoms. The molecule has 1 heterocycles. The zero-order valence-corrected chi connectivity index (χ0v) is 14.6. The molecule has 0 aliphatic carbocycles. The Hall–Kier alpha value is -1.80. The predicted molar refractivity (Wildman–Crippen MR) is 99.1 cm³/mol. The number of nitrogens with zero attached hydrogens (tertiary/aromatic N) is 2. The number of piperazine rings is 1. The summed E-state index contributed by atoms with van der Waals surface area (Å²) in [6.07, 6.45) is 0. The minimum atomic E-state index is 0.229. The largest absolute Gasteiger partial charge is 0.369 e. The van der Waals surface area contributed by atoms with E-state index in [1.54, 1.807) is 0 Å². The van der Waals surface area contributed by atoms with Crippen LogP contribution in [-0.4, -0.2) is 31.1 Å². The molecule has 2 heteroatoms. The van der Waals surface area contributed by atoms with E-state index in [1.807, 2.05) is 0 Å². The number of hydrogen-bond donors (Lipinski definition) is 0. The zero-order valence-electron chi connectivity index (χ0n) is 14.6. The van der Waals surface area contributed by atoms with Crippen molar-refractivity contribution in [3.05, 3.63) is 65.7 Å². The molecule has 2 nitrogen and oxygen atoms in total. The van der Waals surface area contributed by atoms with Gasteiger partial charge in [-0.2, -0.15) is 0 Å². The first-order valence-electron chi connectivity index (χ1n) is 8.64. The average molecular weight is 308 g/mol. The van der Waals surface area contributed by atoms with Gasteiger partial charge in [0.25, 0.3) is 0 Å². The van der Waals surface area contributed by atoms with Crippen molar-refractivity contribution in [2.75, 3.05) is 31.1 Å². The Labute approximate surface area is 140 Å². The molecule has 3 rings (SSSR count). The first-order chi connectivity index (χ1) is 11.0. The van der Waals surface area contributed by atoms with Crippen LogP contribution in [0.5, 0.6) is 0 Å². The van der Waals surface area contributed by atoms with E-state index in [2.05, 4.69) is 85.2 Å². The quantitative estimate of drug-likeness (QED) is 0.834. The molecule has 2 aromatic carbocycles. The van der Waals surface area contributed by atoms with Crippen molar-refractivity contribution in [3.8, 4) is 0 Å². The van der Waals surface area contributed by atoms with Crippen molar-refractivity contribution in [2.45, 2.75) is 32.7 Å². The van der Waals surface area contributed by atoms with Crippen LogP contribution in [0.15, 0.2) is 54.6 Å². The molecule has 0 atom stereocenters. The molecule has 0 unspecified atom stereocenters. The Bertz CT molecular complexity index is 603. The fourth-order valence-electron chi connectivity index (χ4n) is 3.18. The van der Waals surface area contributed by atoms with Crippen LogP contribution in [0.2, 0.25) is 0 Å². The van der Waals surface area contributed by atoms with Gasteiger partial charge in [-0.25, -0.2) is 0 Å². The second kappa shape index (κ2) is 6.76. The van der Waals surface area contributed by atoms with Gasteiger partial charge in [0.2, 0.25) is 0 Å². The Kier molecular flexibility index (Phi) is 4.72. The maximum atomic E-state index is 2.55. The topological polar surface area (TPSA) is 6.48 Å². The van der Waals surface area contributed by atoms with Gasteiger partial charge in [0.15, 0.2) is 0 Å². The van der Waals surface area contributed by atoms with Crippen molar-refractivity contribution < 1.29 is 0 Å². The molecule has 0 radical (unpaired) electrons. The fraction of sp³-hybridized carbons (Fsp3) is 0.429. The third-order valence-electron chi connectivity index (χ3n) is 4.72. The maximum absolute atomic E-state index is 2.55. The summed E-state index contributed by atoms with van der Waals surface area (Å²) in [5.41, 5.74) is 4.41. The highest BCUT2D eigenvalue weighted by molar-refractivity contribution is 5.49. The van der Waals surface area contributed by atoms with Gasteiger partial charge in [-0.15, -0.1) is 0 Å². The van der Waals surface area contributed by atoms with Crippen LogP contribution in [0.1, 0.15) is 31.9 Å². The van der Waals surface area contributed by atoms with Crippen LogP contribution in [0, 0.1) is 0 Å². The second-order valence-corrected chi connectivity index (χ2v) is 7.55. The lowest BCUT2D eigenvalue weighted by molar-refractivity contribution is 0.250. The molecule has 23 heavy (non-hydrogen) atoms. The van der Waals surface area contributed by atoms with Gasteiger partial charge < -0.3 is 4.90 Å². The van der Waals surface area contributed by atoms with Crippen LogP contribution in [0.4, 0.5) is 5.69 Å². The van der Waals surface area contributed by atoms with E-state index >= 15 is 0 Å². The molecule has 0 N–H and O–H groups in total. The molecule has 122 valence electrons. The predicted octanol–water partition coefficient (Wildman–Crippen LogP) is 4.31. The van der Waals surface area contributed by atoms with Crippen LogP contribution < -0.4 is 4.90 Å². The number of hydrogen-bond acceptors (Lipinski definition) is 2. The van der Waals surface area contributed by atoms with Crippen molar-refractivity contribution in [1.29, 1.82) is 0 Å². The van der Waals surface area contributed by atoms with Gasteiger partial charge in [0.1, 0.15) is 0 Å². The molecule has 1 saturated heterocycles. The van der Waals surface area contributed by atoms with E-state index in [-0.39, 0.29) is 5.41 Å². The van der Waals surface area contributed by atoms with Gasteiger partial charge in [-0.1, -0.05) is 63.2 Å². The van der Waals surface area contributed by atoms with E-state index in [0.717, 1.165) is 32.7 Å². The maximum Gasteiger partial charge on any atom is 0.0367 e. The molecule has 1 aliphatic rings. The summed E-state index contributed by atoms with van der Waals surface area (Å²) in [6.45, 7) is 12.4. The lowest BCUT2D eigenvalue weighted by Crippen LogP contribution is -2.45. The number of rotatable bonds is 3. The van der Waals surface area contributed by atoms with Crippen LogP contribution in [-0.2, 0) is 12.0 Å². The van der Waals surface area contributed by atoms with E-state index < -0.39 is 0 Å². The molecule has 0 bridgehead atoms. The van der Waals surface area contributed by atoms with E-state index in [1.165, 1.54) is 16.8 Å². The Balaban J connectivity index is 1.56. The Morgan fingerprint density at radius 2 is 1.39 bits per heavy atom. The smallest absolute Gasteiger partial charge is 0.0367 e. The van der Waals surface area contributed by atoms with Gasteiger partial charge in [0, 0.05) is 38.4 Å². The molecule has 1 fully saturated rings. The van der Waals surface area contributed by atoms with Gasteiger partial charge in [-0.05, 0) is 28.7 Å². The zero-order chi connectivity index (χ0) is 16.3. The highest BCUT2D eigenvalue weighted by Crippen LogP contribution is 2.25. The molecule has 0 aromatic heterocycles. The Morgan fingerprint density at radius 3 is 1.96 bits per heavy atom. The molecular weight excluding hydrogens is 280 g/mol. The lowest BCUT2D eigenvalue weighted by Gasteiger charge is -2.36. The molecule has 0 saturated carbocycles. The van der Waals surface area contributed by atoms with Crippen molar-refractivity contribution >= 4 is 5.69 Å². The SMILES string of the molecule is CC(C)(C)c1ccc(N2CCN(Cc3ccccc3)CC2)cc1. The molecule has 0 amide bonds. The van der Waals surface area contributed by atoms with Gasteiger partial charge >= 0.3 is 0 Å². The third-order valence-corrected chi connectivity index (χ3v) is 4.72. The van der Waals surface area contributed by atoms with Crippen molar-refractivity contribution in [1.82, 2.24) is 4.90 Å². The fourth-order valence-corrected chi connectivity index (χ4v) is 3.18. The normalized spacial score (nSPS) is 16.6. The van der Waals surface area contributed by atoms with Crippen molar-refractivity contribution in [2.24, 2.45) is 0 Å². The second-order valence-electron chi connectivity index (χ2n) is 7.55. The van der Waals surface area contributed by atoms with Gasteiger partial charge in [0.05, 0.1) is 0 Å². The summed E-state index contributed by atoms with van der Waals surface area (Å²) >= 11 is 0. The first kappa shape index (κ1) is 16.1. The third kappa shape index (κ3) is 4.14. The molecular formula is C21H28N2. The Morgan fingerprint density at radius 1 is 0.783 bits per heavy atom. The summed E-state index contributed by atoms with van der Waals surface area (Å²) in [4.78, 5) is 5.06. The summed E-state index contributed by atoms with van der Waals surface area (Å²) in [6, 6.07) is 19.9. The average Bonchev–Trinajstić information content (AvgIpc) is 2.56.